The molecule has 2 aromatic carbocycles. The monoisotopic (exact) mass is 524 g/mol. The van der Waals surface area contributed by atoms with Crippen LogP contribution in [0.1, 0.15) is 18.1 Å². The number of para-hydroxylation sites is 2. The molecule has 30 heavy (non-hydrogen) atoms. The Balaban J connectivity index is 0.00000320. The van der Waals surface area contributed by atoms with Crippen LogP contribution in [0.4, 0.5) is 5.69 Å². The summed E-state index contributed by atoms with van der Waals surface area (Å²) in [7, 11) is 3.77. The fourth-order valence-electron chi connectivity index (χ4n) is 3.55. The lowest BCUT2D eigenvalue weighted by Gasteiger charge is -2.30. The Kier molecular flexibility index (Phi) is 10.2. The van der Waals surface area contributed by atoms with Gasteiger partial charge in [0.05, 0.1) is 26.9 Å². The Morgan fingerprint density at radius 2 is 1.77 bits per heavy atom. The van der Waals surface area contributed by atoms with Crippen LogP contribution in [-0.4, -0.2) is 57.9 Å². The number of rotatable bonds is 7. The van der Waals surface area contributed by atoms with Gasteiger partial charge in [-0.15, -0.1) is 24.0 Å². The molecule has 1 aliphatic rings. The zero-order valence-electron chi connectivity index (χ0n) is 18.1. The van der Waals surface area contributed by atoms with E-state index in [0.717, 1.165) is 56.7 Å². The van der Waals surface area contributed by atoms with Gasteiger partial charge in [0.25, 0.3) is 0 Å². The van der Waals surface area contributed by atoms with E-state index in [4.69, 9.17) is 14.5 Å². The minimum atomic E-state index is 0. The predicted molar refractivity (Wildman–Crippen MR) is 134 cm³/mol. The van der Waals surface area contributed by atoms with Crippen molar-refractivity contribution in [3.05, 3.63) is 59.7 Å². The van der Waals surface area contributed by atoms with E-state index < -0.39 is 0 Å². The van der Waals surface area contributed by atoms with Crippen LogP contribution in [0.2, 0.25) is 0 Å². The summed E-state index contributed by atoms with van der Waals surface area (Å²) in [5.74, 6) is 1.78. The van der Waals surface area contributed by atoms with Crippen LogP contribution in [0.25, 0.3) is 0 Å². The number of nitrogens with zero attached hydrogens (tertiary/aromatic N) is 3. The second kappa shape index (κ2) is 12.6. The van der Waals surface area contributed by atoms with Gasteiger partial charge in [0.15, 0.2) is 5.96 Å². The minimum Gasteiger partial charge on any atom is -0.496 e. The Labute approximate surface area is 197 Å². The number of ether oxygens (including phenoxy) is 2. The van der Waals surface area contributed by atoms with E-state index in [1.807, 2.05) is 18.2 Å². The fraction of sp³-hybridized carbons (Fsp3) is 0.435. The Hall–Kier alpha value is -2.00. The lowest BCUT2D eigenvalue weighted by molar-refractivity contribution is 0.122. The summed E-state index contributed by atoms with van der Waals surface area (Å²) in [5, 5.41) is 3.41. The van der Waals surface area contributed by atoms with Crippen molar-refractivity contribution in [2.45, 2.75) is 20.0 Å². The van der Waals surface area contributed by atoms with Gasteiger partial charge in [-0.05, 0) is 24.6 Å². The molecule has 1 fully saturated rings. The molecular weight excluding hydrogens is 491 g/mol. The number of methoxy groups -OCH3 is 1. The first-order chi connectivity index (χ1) is 14.2. The van der Waals surface area contributed by atoms with Gasteiger partial charge in [0, 0.05) is 44.5 Å². The van der Waals surface area contributed by atoms with Crippen LogP contribution in [0.3, 0.4) is 0 Å². The van der Waals surface area contributed by atoms with E-state index in [9.17, 15) is 0 Å². The molecule has 3 rings (SSSR count). The molecule has 0 bridgehead atoms. The number of anilines is 1. The highest BCUT2D eigenvalue weighted by Crippen LogP contribution is 2.23. The second-order valence-electron chi connectivity index (χ2n) is 7.07. The van der Waals surface area contributed by atoms with E-state index in [1.54, 1.807) is 7.11 Å². The summed E-state index contributed by atoms with van der Waals surface area (Å²) in [6.45, 7) is 7.67. The molecule has 0 amide bonds. The molecule has 7 heteroatoms. The molecule has 2 aromatic rings. The predicted octanol–water partition coefficient (Wildman–Crippen LogP) is 3.75. The van der Waals surface area contributed by atoms with Crippen molar-refractivity contribution in [2.75, 3.05) is 51.9 Å². The zero-order chi connectivity index (χ0) is 20.5. The maximum atomic E-state index is 5.50. The first kappa shape index (κ1) is 24.3. The number of benzene rings is 2. The summed E-state index contributed by atoms with van der Waals surface area (Å²) in [6.07, 6.45) is 0. The molecule has 0 unspecified atom stereocenters. The summed E-state index contributed by atoms with van der Waals surface area (Å²) < 4.78 is 11.0. The molecule has 0 radical (unpaired) electrons. The maximum absolute atomic E-state index is 5.50. The molecule has 1 aliphatic heterocycles. The average molecular weight is 524 g/mol. The number of guanidine groups is 1. The van der Waals surface area contributed by atoms with E-state index in [1.165, 1.54) is 11.3 Å². The summed E-state index contributed by atoms with van der Waals surface area (Å²) >= 11 is 0. The van der Waals surface area contributed by atoms with Crippen LogP contribution >= 0.6 is 24.0 Å². The van der Waals surface area contributed by atoms with Gasteiger partial charge in [0.2, 0.25) is 0 Å². The smallest absolute Gasteiger partial charge is 0.194 e. The average Bonchev–Trinajstić information content (AvgIpc) is 2.77. The number of morpholine rings is 1. The molecule has 164 valence electrons. The molecule has 0 atom stereocenters. The third-order valence-corrected chi connectivity index (χ3v) is 5.04. The Bertz CT molecular complexity index is 809. The van der Waals surface area contributed by atoms with Crippen molar-refractivity contribution in [2.24, 2.45) is 4.99 Å². The van der Waals surface area contributed by atoms with Crippen molar-refractivity contribution < 1.29 is 9.47 Å². The molecule has 0 saturated carbocycles. The minimum absolute atomic E-state index is 0. The number of halogens is 1. The van der Waals surface area contributed by atoms with Crippen molar-refractivity contribution >= 4 is 35.6 Å². The molecule has 0 aliphatic carbocycles. The highest BCUT2D eigenvalue weighted by Gasteiger charge is 2.15. The van der Waals surface area contributed by atoms with Crippen LogP contribution in [0.15, 0.2) is 53.5 Å². The van der Waals surface area contributed by atoms with E-state index in [0.29, 0.717) is 6.54 Å². The topological polar surface area (TPSA) is 49.3 Å². The van der Waals surface area contributed by atoms with Gasteiger partial charge in [-0.3, -0.25) is 0 Å². The highest BCUT2D eigenvalue weighted by atomic mass is 127. The van der Waals surface area contributed by atoms with Gasteiger partial charge in [-0.25, -0.2) is 4.99 Å². The van der Waals surface area contributed by atoms with Gasteiger partial charge >= 0.3 is 0 Å². The number of aliphatic imine (C=N–C) groups is 1. The Morgan fingerprint density at radius 1 is 1.10 bits per heavy atom. The lowest BCUT2D eigenvalue weighted by Crippen LogP contribution is -2.38. The number of hydrogen-bond acceptors (Lipinski definition) is 4. The largest absolute Gasteiger partial charge is 0.496 e. The van der Waals surface area contributed by atoms with Crippen molar-refractivity contribution in [1.82, 2.24) is 10.2 Å². The highest BCUT2D eigenvalue weighted by molar-refractivity contribution is 14.0. The van der Waals surface area contributed by atoms with Crippen LogP contribution in [0, 0.1) is 0 Å². The molecule has 1 heterocycles. The third kappa shape index (κ3) is 6.50. The Morgan fingerprint density at radius 3 is 2.47 bits per heavy atom. The van der Waals surface area contributed by atoms with Crippen LogP contribution in [-0.2, 0) is 17.8 Å². The quantitative estimate of drug-likeness (QED) is 0.340. The summed E-state index contributed by atoms with van der Waals surface area (Å²) in [4.78, 5) is 9.45. The normalized spacial score (nSPS) is 14.1. The summed E-state index contributed by atoms with van der Waals surface area (Å²) in [6, 6.07) is 16.6. The maximum Gasteiger partial charge on any atom is 0.194 e. The van der Waals surface area contributed by atoms with Crippen molar-refractivity contribution in [3.8, 4) is 5.75 Å². The first-order valence-electron chi connectivity index (χ1n) is 10.2. The molecular formula is C23H33IN4O2. The van der Waals surface area contributed by atoms with E-state index >= 15 is 0 Å². The third-order valence-electron chi connectivity index (χ3n) is 5.04. The molecule has 0 spiro atoms. The fourth-order valence-corrected chi connectivity index (χ4v) is 3.55. The molecule has 1 saturated heterocycles. The van der Waals surface area contributed by atoms with Crippen molar-refractivity contribution in [3.63, 3.8) is 0 Å². The molecule has 1 N–H and O–H groups in total. The molecule has 6 nitrogen and oxygen atoms in total. The van der Waals surface area contributed by atoms with Crippen molar-refractivity contribution in [1.29, 1.82) is 0 Å². The van der Waals surface area contributed by atoms with Gasteiger partial charge in [-0.1, -0.05) is 36.4 Å². The van der Waals surface area contributed by atoms with Crippen LogP contribution < -0.4 is 15.0 Å². The molecule has 0 aromatic heterocycles. The van der Waals surface area contributed by atoms with E-state index in [2.05, 4.69) is 59.4 Å². The van der Waals surface area contributed by atoms with Crippen LogP contribution in [0.5, 0.6) is 5.75 Å². The first-order valence-corrected chi connectivity index (χ1v) is 10.2. The van der Waals surface area contributed by atoms with Gasteiger partial charge < -0.3 is 24.6 Å². The number of hydrogen-bond donors (Lipinski definition) is 1. The SMILES string of the molecule is CCNC(=NCc1ccccc1N1CCOCC1)N(C)Cc1ccccc1OC.I. The van der Waals surface area contributed by atoms with Gasteiger partial charge in [0.1, 0.15) is 5.75 Å². The van der Waals surface area contributed by atoms with Gasteiger partial charge in [-0.2, -0.15) is 0 Å². The van der Waals surface area contributed by atoms with E-state index in [-0.39, 0.29) is 24.0 Å². The number of nitrogens with one attached hydrogen (secondary N) is 1. The second-order valence-corrected chi connectivity index (χ2v) is 7.07. The summed E-state index contributed by atoms with van der Waals surface area (Å²) in [5.41, 5.74) is 3.62. The zero-order valence-corrected chi connectivity index (χ0v) is 20.5. The lowest BCUT2D eigenvalue weighted by atomic mass is 10.1. The standard InChI is InChI=1S/C23H32N4O2.HI/c1-4-24-23(26(2)18-20-10-6-8-12-22(20)28-3)25-17-19-9-5-7-11-21(19)27-13-15-29-16-14-27;/h5-12H,4,13-18H2,1-3H3,(H,24,25);1H.